The molecule has 1 fully saturated rings. The molecule has 0 atom stereocenters. The fourth-order valence-corrected chi connectivity index (χ4v) is 3.61. The number of likely N-dealkylation sites (N-methyl/N-ethyl adjacent to an activating group) is 1. The quantitative estimate of drug-likeness (QED) is 0.824. The lowest BCUT2D eigenvalue weighted by Crippen LogP contribution is -2.67. The normalized spacial score (nSPS) is 20.5. The summed E-state index contributed by atoms with van der Waals surface area (Å²) in [5.41, 5.74) is 9.10. The van der Waals surface area contributed by atoms with E-state index in [0.717, 1.165) is 48.6 Å². The standard InChI is InChI=1S/C16H23N5O/c1-16(18-2)8-21(9-16)14-13-12(19-15(17)20-14)10-6-4-3-5-7-11(10)22-13/h18H,3-9H2,1-2H3,(H2,17,19,20). The highest BCUT2D eigenvalue weighted by Crippen LogP contribution is 2.37. The highest BCUT2D eigenvalue weighted by Gasteiger charge is 2.39. The van der Waals surface area contributed by atoms with E-state index in [1.807, 2.05) is 7.05 Å². The number of rotatable bonds is 2. The van der Waals surface area contributed by atoms with Crippen LogP contribution in [0.3, 0.4) is 0 Å². The molecule has 6 heteroatoms. The first-order chi connectivity index (χ1) is 10.6. The Hall–Kier alpha value is -1.82. The summed E-state index contributed by atoms with van der Waals surface area (Å²) in [5.74, 6) is 2.28. The topological polar surface area (TPSA) is 80.2 Å². The minimum absolute atomic E-state index is 0.135. The molecule has 2 aromatic heterocycles. The average Bonchev–Trinajstić information content (AvgIpc) is 2.67. The molecule has 1 aliphatic carbocycles. The van der Waals surface area contributed by atoms with Gasteiger partial charge in [0.25, 0.3) is 0 Å². The van der Waals surface area contributed by atoms with Crippen LogP contribution in [-0.2, 0) is 12.8 Å². The van der Waals surface area contributed by atoms with Gasteiger partial charge in [0.1, 0.15) is 11.3 Å². The van der Waals surface area contributed by atoms with E-state index in [1.54, 1.807) is 0 Å². The van der Waals surface area contributed by atoms with Gasteiger partial charge >= 0.3 is 0 Å². The smallest absolute Gasteiger partial charge is 0.222 e. The SMILES string of the molecule is CNC1(C)CN(c2nc(N)nc3c4c(oc23)CCCCC4)C1. The molecule has 1 saturated heterocycles. The van der Waals surface area contributed by atoms with Gasteiger partial charge in [-0.25, -0.2) is 4.98 Å². The van der Waals surface area contributed by atoms with Gasteiger partial charge in [-0.3, -0.25) is 0 Å². The van der Waals surface area contributed by atoms with Crippen LogP contribution in [0.2, 0.25) is 0 Å². The first-order valence-electron chi connectivity index (χ1n) is 8.11. The monoisotopic (exact) mass is 301 g/mol. The zero-order chi connectivity index (χ0) is 15.3. The number of nitrogen functional groups attached to an aromatic ring is 1. The number of furan rings is 1. The van der Waals surface area contributed by atoms with Crippen LogP contribution in [0.15, 0.2) is 4.42 Å². The second-order valence-corrected chi connectivity index (χ2v) is 6.81. The highest BCUT2D eigenvalue weighted by molar-refractivity contribution is 5.89. The number of hydrogen-bond donors (Lipinski definition) is 2. The van der Waals surface area contributed by atoms with Crippen molar-refractivity contribution in [1.29, 1.82) is 0 Å². The molecule has 0 bridgehead atoms. The van der Waals surface area contributed by atoms with E-state index in [2.05, 4.69) is 27.1 Å². The molecule has 0 unspecified atom stereocenters. The predicted molar refractivity (Wildman–Crippen MR) is 87.2 cm³/mol. The van der Waals surface area contributed by atoms with Crippen LogP contribution in [0.1, 0.15) is 37.5 Å². The van der Waals surface area contributed by atoms with Crippen LogP contribution in [0.25, 0.3) is 11.1 Å². The summed E-state index contributed by atoms with van der Waals surface area (Å²) in [5, 5.41) is 3.35. The van der Waals surface area contributed by atoms with Crippen molar-refractivity contribution in [3.8, 4) is 0 Å². The first-order valence-corrected chi connectivity index (χ1v) is 8.11. The Morgan fingerprint density at radius 3 is 2.73 bits per heavy atom. The van der Waals surface area contributed by atoms with Crippen molar-refractivity contribution in [1.82, 2.24) is 15.3 Å². The number of nitrogens with one attached hydrogen (secondary N) is 1. The van der Waals surface area contributed by atoms with Gasteiger partial charge in [0.15, 0.2) is 11.4 Å². The Morgan fingerprint density at radius 2 is 1.95 bits per heavy atom. The highest BCUT2D eigenvalue weighted by atomic mass is 16.3. The molecule has 0 amide bonds. The fraction of sp³-hybridized carbons (Fsp3) is 0.625. The summed E-state index contributed by atoms with van der Waals surface area (Å²) in [6.45, 7) is 4.02. The second kappa shape index (κ2) is 4.84. The van der Waals surface area contributed by atoms with Crippen LogP contribution in [0.5, 0.6) is 0 Å². The lowest BCUT2D eigenvalue weighted by atomic mass is 9.92. The van der Waals surface area contributed by atoms with E-state index in [4.69, 9.17) is 10.2 Å². The number of aryl methyl sites for hydroxylation is 2. The number of fused-ring (bicyclic) bond motifs is 3. The maximum atomic E-state index is 6.17. The van der Waals surface area contributed by atoms with Crippen molar-refractivity contribution in [3.05, 3.63) is 11.3 Å². The van der Waals surface area contributed by atoms with Gasteiger partial charge in [-0.2, -0.15) is 4.98 Å². The molecule has 118 valence electrons. The lowest BCUT2D eigenvalue weighted by Gasteiger charge is -2.48. The molecule has 0 aromatic carbocycles. The summed E-state index contributed by atoms with van der Waals surface area (Å²) in [6, 6.07) is 0. The molecular formula is C16H23N5O. The minimum atomic E-state index is 0.135. The number of aromatic nitrogens is 2. The Bertz CT molecular complexity index is 717. The van der Waals surface area contributed by atoms with Crippen molar-refractivity contribution < 1.29 is 4.42 Å². The van der Waals surface area contributed by atoms with Gasteiger partial charge in [0.2, 0.25) is 5.95 Å². The number of hydrogen-bond acceptors (Lipinski definition) is 6. The van der Waals surface area contributed by atoms with Gasteiger partial charge in [-0.1, -0.05) is 6.42 Å². The summed E-state index contributed by atoms with van der Waals surface area (Å²) in [7, 11) is 2.00. The Balaban J connectivity index is 1.79. The third-order valence-electron chi connectivity index (χ3n) is 5.03. The zero-order valence-electron chi connectivity index (χ0n) is 13.3. The fourth-order valence-electron chi connectivity index (χ4n) is 3.61. The summed E-state index contributed by atoms with van der Waals surface area (Å²) in [4.78, 5) is 11.2. The van der Waals surface area contributed by atoms with Crippen LogP contribution in [-0.4, -0.2) is 35.6 Å². The number of nitrogens with two attached hydrogens (primary N) is 1. The van der Waals surface area contributed by atoms with Crippen LogP contribution >= 0.6 is 0 Å². The molecule has 3 N–H and O–H groups in total. The lowest BCUT2D eigenvalue weighted by molar-refractivity contribution is 0.301. The van der Waals surface area contributed by atoms with Crippen molar-refractivity contribution in [2.75, 3.05) is 30.8 Å². The van der Waals surface area contributed by atoms with E-state index < -0.39 is 0 Å². The molecule has 2 aromatic rings. The maximum absolute atomic E-state index is 6.17. The Morgan fingerprint density at radius 1 is 1.18 bits per heavy atom. The Labute approximate surface area is 130 Å². The molecule has 1 aliphatic heterocycles. The summed E-state index contributed by atoms with van der Waals surface area (Å²) >= 11 is 0. The van der Waals surface area contributed by atoms with E-state index in [1.165, 1.54) is 24.8 Å². The van der Waals surface area contributed by atoms with Crippen molar-refractivity contribution in [2.45, 2.75) is 44.6 Å². The third kappa shape index (κ3) is 2.05. The second-order valence-electron chi connectivity index (χ2n) is 6.81. The average molecular weight is 301 g/mol. The molecule has 3 heterocycles. The van der Waals surface area contributed by atoms with Crippen molar-refractivity contribution in [2.24, 2.45) is 0 Å². The molecular weight excluding hydrogens is 278 g/mol. The zero-order valence-corrected chi connectivity index (χ0v) is 13.3. The van der Waals surface area contributed by atoms with Gasteiger partial charge in [-0.15, -0.1) is 0 Å². The molecule has 2 aliphatic rings. The molecule has 0 radical (unpaired) electrons. The van der Waals surface area contributed by atoms with Gasteiger partial charge in [0, 0.05) is 25.1 Å². The van der Waals surface area contributed by atoms with E-state index in [9.17, 15) is 0 Å². The molecule has 0 saturated carbocycles. The molecule has 4 rings (SSSR count). The number of anilines is 2. The van der Waals surface area contributed by atoms with Gasteiger partial charge in [-0.05, 0) is 33.2 Å². The summed E-state index contributed by atoms with van der Waals surface area (Å²) in [6.07, 6.45) is 5.67. The van der Waals surface area contributed by atoms with E-state index in [-0.39, 0.29) is 5.54 Å². The molecule has 22 heavy (non-hydrogen) atoms. The van der Waals surface area contributed by atoms with E-state index >= 15 is 0 Å². The van der Waals surface area contributed by atoms with Gasteiger partial charge < -0.3 is 20.4 Å². The third-order valence-corrected chi connectivity index (χ3v) is 5.03. The first kappa shape index (κ1) is 13.8. The maximum Gasteiger partial charge on any atom is 0.222 e. The predicted octanol–water partition coefficient (Wildman–Crippen LogP) is 1.87. The van der Waals surface area contributed by atoms with Crippen molar-refractivity contribution >= 4 is 22.9 Å². The number of nitrogens with zero attached hydrogens (tertiary/aromatic N) is 3. The van der Waals surface area contributed by atoms with Gasteiger partial charge in [0.05, 0.1) is 5.54 Å². The van der Waals surface area contributed by atoms with E-state index in [0.29, 0.717) is 5.95 Å². The minimum Gasteiger partial charge on any atom is -0.455 e. The largest absolute Gasteiger partial charge is 0.455 e. The van der Waals surface area contributed by atoms with Crippen molar-refractivity contribution in [3.63, 3.8) is 0 Å². The van der Waals surface area contributed by atoms with Crippen LogP contribution in [0, 0.1) is 0 Å². The van der Waals surface area contributed by atoms with Crippen LogP contribution < -0.4 is 16.0 Å². The van der Waals surface area contributed by atoms with Crippen LogP contribution in [0.4, 0.5) is 11.8 Å². The molecule has 0 spiro atoms. The Kier molecular flexibility index (Phi) is 3.04. The molecule has 6 nitrogen and oxygen atoms in total. The summed E-state index contributed by atoms with van der Waals surface area (Å²) < 4.78 is 6.17.